The van der Waals surface area contributed by atoms with Gasteiger partial charge in [0.15, 0.2) is 10.9 Å². The summed E-state index contributed by atoms with van der Waals surface area (Å²) >= 11 is 7.48. The molecule has 0 unspecified atom stereocenters. The topological polar surface area (TPSA) is 85.3 Å². The molecule has 1 aromatic carbocycles. The zero-order valence-electron chi connectivity index (χ0n) is 16.2. The Hall–Kier alpha value is -3.36. The summed E-state index contributed by atoms with van der Waals surface area (Å²) in [6.45, 7) is 0.267. The molecular weight excluding hydrogens is 434 g/mol. The Bertz CT molecular complexity index is 1380. The van der Waals surface area contributed by atoms with Gasteiger partial charge in [0, 0.05) is 41.5 Å². The molecule has 5 rings (SSSR count). The van der Waals surface area contributed by atoms with Crippen LogP contribution in [0.3, 0.4) is 0 Å². The standard InChI is InChI=1S/C22H16ClN5O2S/c23-14-6-7-19-27-15(12-28(19)11-14)10-26-21(29)20-17(13-31-22-24-8-3-9-25-22)16-4-1-2-5-18(16)30-20/h1-9,11-12H,10,13H2,(H,26,29). The summed E-state index contributed by atoms with van der Waals surface area (Å²) in [7, 11) is 0. The first-order valence-electron chi connectivity index (χ1n) is 9.49. The van der Waals surface area contributed by atoms with Crippen LogP contribution in [0.15, 0.2) is 76.8 Å². The van der Waals surface area contributed by atoms with Crippen molar-refractivity contribution in [2.75, 3.05) is 0 Å². The Morgan fingerprint density at radius 1 is 1.10 bits per heavy atom. The van der Waals surface area contributed by atoms with Gasteiger partial charge in [-0.2, -0.15) is 0 Å². The number of para-hydroxylation sites is 1. The molecule has 9 heteroatoms. The number of amides is 1. The van der Waals surface area contributed by atoms with Gasteiger partial charge in [0.25, 0.3) is 5.91 Å². The maximum absolute atomic E-state index is 13.0. The fourth-order valence-corrected chi connectivity index (χ4v) is 4.27. The molecule has 0 atom stereocenters. The van der Waals surface area contributed by atoms with Gasteiger partial charge in [-0.3, -0.25) is 4.79 Å². The van der Waals surface area contributed by atoms with E-state index in [0.29, 0.717) is 21.5 Å². The molecule has 4 aromatic heterocycles. The van der Waals surface area contributed by atoms with Crippen LogP contribution in [0.5, 0.6) is 0 Å². The Kier molecular flexibility index (Phi) is 5.31. The number of carbonyl (C=O) groups excluding carboxylic acids is 1. The monoisotopic (exact) mass is 449 g/mol. The molecule has 0 spiro atoms. The molecule has 154 valence electrons. The number of halogens is 1. The van der Waals surface area contributed by atoms with E-state index in [1.807, 2.05) is 40.9 Å². The predicted octanol–water partition coefficient (Wildman–Crippen LogP) is 4.75. The van der Waals surface area contributed by atoms with E-state index < -0.39 is 0 Å². The predicted molar refractivity (Wildman–Crippen MR) is 119 cm³/mol. The average molecular weight is 450 g/mol. The summed E-state index contributed by atoms with van der Waals surface area (Å²) in [5, 5.41) is 5.07. The summed E-state index contributed by atoms with van der Waals surface area (Å²) < 4.78 is 7.73. The normalized spacial score (nSPS) is 11.3. The number of nitrogens with zero attached hydrogens (tertiary/aromatic N) is 4. The fourth-order valence-electron chi connectivity index (χ4n) is 3.28. The minimum Gasteiger partial charge on any atom is -0.451 e. The summed E-state index contributed by atoms with van der Waals surface area (Å²) in [6.07, 6.45) is 7.00. The van der Waals surface area contributed by atoms with E-state index in [1.54, 1.807) is 30.7 Å². The van der Waals surface area contributed by atoms with E-state index in [-0.39, 0.29) is 18.2 Å². The SMILES string of the molecule is O=C(NCc1cn2cc(Cl)ccc2n1)c1oc2ccccc2c1CSc1ncccn1. The molecular formula is C22H16ClN5O2S. The van der Waals surface area contributed by atoms with Crippen LogP contribution >= 0.6 is 23.4 Å². The van der Waals surface area contributed by atoms with Crippen LogP contribution in [0.25, 0.3) is 16.6 Å². The van der Waals surface area contributed by atoms with E-state index in [9.17, 15) is 4.79 Å². The number of imidazole rings is 1. The van der Waals surface area contributed by atoms with Crippen molar-refractivity contribution in [2.45, 2.75) is 17.5 Å². The minimum absolute atomic E-state index is 0.267. The van der Waals surface area contributed by atoms with E-state index in [1.165, 1.54) is 11.8 Å². The van der Waals surface area contributed by atoms with Crippen molar-refractivity contribution in [3.8, 4) is 0 Å². The van der Waals surface area contributed by atoms with E-state index in [4.69, 9.17) is 16.0 Å². The van der Waals surface area contributed by atoms with Gasteiger partial charge in [0.1, 0.15) is 11.2 Å². The second-order valence-electron chi connectivity index (χ2n) is 6.75. The van der Waals surface area contributed by atoms with Crippen LogP contribution in [0.4, 0.5) is 0 Å². The van der Waals surface area contributed by atoms with Crippen molar-refractivity contribution in [3.63, 3.8) is 0 Å². The number of aromatic nitrogens is 4. The fraction of sp³-hybridized carbons (Fsp3) is 0.0909. The van der Waals surface area contributed by atoms with Gasteiger partial charge in [0.05, 0.1) is 17.3 Å². The second kappa shape index (κ2) is 8.41. The summed E-state index contributed by atoms with van der Waals surface area (Å²) in [4.78, 5) is 26.0. The highest BCUT2D eigenvalue weighted by atomic mass is 35.5. The average Bonchev–Trinajstić information content (AvgIpc) is 3.37. The molecule has 0 fully saturated rings. The first-order valence-corrected chi connectivity index (χ1v) is 10.9. The summed E-state index contributed by atoms with van der Waals surface area (Å²) in [5.74, 6) is 0.503. The quantitative estimate of drug-likeness (QED) is 0.297. The Labute approximate surface area is 186 Å². The number of carbonyl (C=O) groups is 1. The first kappa shape index (κ1) is 19.6. The van der Waals surface area contributed by atoms with Gasteiger partial charge in [-0.15, -0.1) is 0 Å². The Morgan fingerprint density at radius 3 is 2.81 bits per heavy atom. The molecule has 0 aliphatic heterocycles. The van der Waals surface area contributed by atoms with Gasteiger partial charge in [-0.1, -0.05) is 41.6 Å². The Morgan fingerprint density at radius 2 is 1.94 bits per heavy atom. The number of thioether (sulfide) groups is 1. The molecule has 0 aliphatic rings. The van der Waals surface area contributed by atoms with Crippen molar-refractivity contribution in [2.24, 2.45) is 0 Å². The maximum Gasteiger partial charge on any atom is 0.287 e. The molecule has 1 amide bonds. The van der Waals surface area contributed by atoms with Crippen LogP contribution in [-0.4, -0.2) is 25.3 Å². The molecule has 5 aromatic rings. The number of hydrogen-bond donors (Lipinski definition) is 1. The van der Waals surface area contributed by atoms with Gasteiger partial charge >= 0.3 is 0 Å². The zero-order valence-corrected chi connectivity index (χ0v) is 17.7. The van der Waals surface area contributed by atoms with Crippen molar-refractivity contribution in [3.05, 3.63) is 89.3 Å². The van der Waals surface area contributed by atoms with Crippen LogP contribution in [0.1, 0.15) is 21.8 Å². The van der Waals surface area contributed by atoms with E-state index in [0.717, 1.165) is 22.3 Å². The lowest BCUT2D eigenvalue weighted by Crippen LogP contribution is -2.23. The van der Waals surface area contributed by atoms with Crippen LogP contribution in [0, 0.1) is 0 Å². The third kappa shape index (κ3) is 4.12. The largest absolute Gasteiger partial charge is 0.451 e. The number of benzene rings is 1. The lowest BCUT2D eigenvalue weighted by Gasteiger charge is -2.04. The van der Waals surface area contributed by atoms with Crippen LogP contribution in [-0.2, 0) is 12.3 Å². The minimum atomic E-state index is -0.295. The summed E-state index contributed by atoms with van der Waals surface area (Å²) in [6, 6.07) is 13.0. The molecule has 0 radical (unpaired) electrons. The number of fused-ring (bicyclic) bond motifs is 2. The molecule has 1 N–H and O–H groups in total. The van der Waals surface area contributed by atoms with Crippen LogP contribution < -0.4 is 5.32 Å². The van der Waals surface area contributed by atoms with Gasteiger partial charge in [-0.25, -0.2) is 15.0 Å². The number of furan rings is 1. The molecule has 4 heterocycles. The molecule has 0 bridgehead atoms. The van der Waals surface area contributed by atoms with E-state index in [2.05, 4.69) is 20.3 Å². The smallest absolute Gasteiger partial charge is 0.287 e. The molecule has 0 aliphatic carbocycles. The molecule has 0 saturated heterocycles. The highest BCUT2D eigenvalue weighted by molar-refractivity contribution is 7.98. The number of nitrogens with one attached hydrogen (secondary N) is 1. The number of hydrogen-bond acceptors (Lipinski definition) is 6. The number of rotatable bonds is 6. The van der Waals surface area contributed by atoms with Crippen LogP contribution in [0.2, 0.25) is 5.02 Å². The summed E-state index contributed by atoms with van der Waals surface area (Å²) in [5.41, 5.74) is 2.96. The highest BCUT2D eigenvalue weighted by Crippen LogP contribution is 2.31. The third-order valence-corrected chi connectivity index (χ3v) is 5.81. The van der Waals surface area contributed by atoms with Crippen molar-refractivity contribution >= 4 is 45.9 Å². The Balaban J connectivity index is 1.38. The molecule has 7 nitrogen and oxygen atoms in total. The van der Waals surface area contributed by atoms with Gasteiger partial charge in [-0.05, 0) is 24.3 Å². The lowest BCUT2D eigenvalue weighted by atomic mass is 10.1. The van der Waals surface area contributed by atoms with E-state index >= 15 is 0 Å². The lowest BCUT2D eigenvalue weighted by molar-refractivity contribution is 0.0924. The second-order valence-corrected chi connectivity index (χ2v) is 8.13. The van der Waals surface area contributed by atoms with Crippen molar-refractivity contribution < 1.29 is 9.21 Å². The first-order chi connectivity index (χ1) is 15.2. The van der Waals surface area contributed by atoms with Crippen molar-refractivity contribution in [1.82, 2.24) is 24.7 Å². The molecule has 0 saturated carbocycles. The number of pyridine rings is 1. The highest BCUT2D eigenvalue weighted by Gasteiger charge is 2.21. The zero-order chi connectivity index (χ0) is 21.2. The van der Waals surface area contributed by atoms with Gasteiger partial charge < -0.3 is 14.1 Å². The van der Waals surface area contributed by atoms with Crippen molar-refractivity contribution in [1.29, 1.82) is 0 Å². The molecule has 31 heavy (non-hydrogen) atoms. The van der Waals surface area contributed by atoms with Gasteiger partial charge in [0.2, 0.25) is 0 Å². The maximum atomic E-state index is 13.0. The third-order valence-electron chi connectivity index (χ3n) is 4.69.